The van der Waals surface area contributed by atoms with Crippen LogP contribution in [0.25, 0.3) is 0 Å². The Bertz CT molecular complexity index is 1100. The Morgan fingerprint density at radius 2 is 1.57 bits per heavy atom. The fourth-order valence-electron chi connectivity index (χ4n) is 3.09. The first kappa shape index (κ1) is 21.8. The van der Waals surface area contributed by atoms with Crippen molar-refractivity contribution < 1.29 is 13.2 Å². The molecular weight excluding hydrogens is 422 g/mol. The zero-order chi connectivity index (χ0) is 21.7. The predicted molar refractivity (Wildman–Crippen MR) is 120 cm³/mol. The van der Waals surface area contributed by atoms with Gasteiger partial charge in [-0.25, -0.2) is 8.42 Å². The average Bonchev–Trinajstić information content (AvgIpc) is 2.71. The monoisotopic (exact) mass is 443 g/mol. The number of hydrogen-bond donors (Lipinski definition) is 1. The third kappa shape index (κ3) is 5.58. The Balaban J connectivity index is 1.72. The lowest BCUT2D eigenvalue weighted by molar-refractivity contribution is -0.116. The zero-order valence-corrected chi connectivity index (χ0v) is 18.2. The third-order valence-corrected chi connectivity index (χ3v) is 6.04. The Morgan fingerprint density at radius 1 is 1.00 bits per heavy atom. The van der Waals surface area contributed by atoms with Gasteiger partial charge in [0.1, 0.15) is 6.04 Å². The summed E-state index contributed by atoms with van der Waals surface area (Å²) in [6.07, 6.45) is 5.32. The van der Waals surface area contributed by atoms with Gasteiger partial charge in [-0.3, -0.25) is 14.1 Å². The molecule has 1 N–H and O–H groups in total. The highest BCUT2D eigenvalue weighted by Gasteiger charge is 2.29. The summed E-state index contributed by atoms with van der Waals surface area (Å²) in [5, 5.41) is 3.27. The van der Waals surface area contributed by atoms with Gasteiger partial charge >= 0.3 is 0 Å². The van der Waals surface area contributed by atoms with Crippen LogP contribution >= 0.6 is 11.6 Å². The number of benzene rings is 2. The van der Waals surface area contributed by atoms with Crippen LogP contribution in [0.15, 0.2) is 73.1 Å². The molecule has 0 aliphatic carbocycles. The van der Waals surface area contributed by atoms with Crippen molar-refractivity contribution in [1.29, 1.82) is 0 Å². The number of halogens is 1. The van der Waals surface area contributed by atoms with E-state index < -0.39 is 22.0 Å². The van der Waals surface area contributed by atoms with Crippen molar-refractivity contribution in [3.05, 3.63) is 89.2 Å². The first-order chi connectivity index (χ1) is 14.2. The van der Waals surface area contributed by atoms with E-state index in [1.807, 2.05) is 24.3 Å². The van der Waals surface area contributed by atoms with Crippen molar-refractivity contribution in [2.75, 3.05) is 15.9 Å². The number of carbonyl (C=O) groups excluding carboxylic acids is 1. The van der Waals surface area contributed by atoms with E-state index in [2.05, 4.69) is 10.3 Å². The second-order valence-corrected chi connectivity index (χ2v) is 9.23. The van der Waals surface area contributed by atoms with E-state index in [1.165, 1.54) is 0 Å². The molecule has 1 heterocycles. The second-order valence-electron chi connectivity index (χ2n) is 6.93. The Morgan fingerprint density at radius 3 is 2.13 bits per heavy atom. The van der Waals surface area contributed by atoms with Gasteiger partial charge in [0.15, 0.2) is 0 Å². The number of sulfonamides is 1. The van der Waals surface area contributed by atoms with Gasteiger partial charge < -0.3 is 5.32 Å². The maximum atomic E-state index is 12.8. The van der Waals surface area contributed by atoms with Crippen LogP contribution in [0.5, 0.6) is 0 Å². The number of hydrogen-bond acceptors (Lipinski definition) is 4. The molecular formula is C22H22ClN3O3S. The van der Waals surface area contributed by atoms with E-state index in [4.69, 9.17) is 11.6 Å². The normalized spacial score (nSPS) is 12.2. The number of aromatic nitrogens is 1. The lowest BCUT2D eigenvalue weighted by Gasteiger charge is -2.28. The number of nitrogens with zero attached hydrogens (tertiary/aromatic N) is 2. The van der Waals surface area contributed by atoms with E-state index >= 15 is 0 Å². The summed E-state index contributed by atoms with van der Waals surface area (Å²) in [6, 6.07) is 16.7. The zero-order valence-electron chi connectivity index (χ0n) is 16.6. The van der Waals surface area contributed by atoms with E-state index in [9.17, 15) is 13.2 Å². The van der Waals surface area contributed by atoms with Crippen LogP contribution in [0.2, 0.25) is 5.02 Å². The molecule has 0 fully saturated rings. The van der Waals surface area contributed by atoms with Gasteiger partial charge in [-0.15, -0.1) is 0 Å². The molecule has 2 aromatic carbocycles. The van der Waals surface area contributed by atoms with Crippen LogP contribution in [-0.2, 0) is 21.2 Å². The van der Waals surface area contributed by atoms with Crippen molar-refractivity contribution in [2.45, 2.75) is 19.4 Å². The Kier molecular flexibility index (Phi) is 6.74. The summed E-state index contributed by atoms with van der Waals surface area (Å²) in [5.41, 5.74) is 3.19. The number of anilines is 2. The largest absolute Gasteiger partial charge is 0.324 e. The summed E-state index contributed by atoms with van der Waals surface area (Å²) in [4.78, 5) is 16.8. The second kappa shape index (κ2) is 9.28. The van der Waals surface area contributed by atoms with Crippen LogP contribution < -0.4 is 9.62 Å². The van der Waals surface area contributed by atoms with Crippen LogP contribution in [-0.4, -0.2) is 31.6 Å². The summed E-state index contributed by atoms with van der Waals surface area (Å²) in [7, 11) is -3.68. The van der Waals surface area contributed by atoms with Crippen molar-refractivity contribution in [3.63, 3.8) is 0 Å². The fourth-order valence-corrected chi connectivity index (χ4v) is 4.39. The number of pyridine rings is 1. The molecule has 1 amide bonds. The predicted octanol–water partition coefficient (Wildman–Crippen LogP) is 4.12. The van der Waals surface area contributed by atoms with Gasteiger partial charge in [-0.2, -0.15) is 0 Å². The smallest absolute Gasteiger partial charge is 0.247 e. The van der Waals surface area contributed by atoms with Gasteiger partial charge in [-0.1, -0.05) is 23.7 Å². The molecule has 0 unspecified atom stereocenters. The van der Waals surface area contributed by atoms with Gasteiger partial charge in [0, 0.05) is 23.1 Å². The van der Waals surface area contributed by atoms with Gasteiger partial charge in [0.2, 0.25) is 15.9 Å². The molecule has 1 aromatic heterocycles. The number of amides is 1. The maximum absolute atomic E-state index is 12.8. The molecule has 30 heavy (non-hydrogen) atoms. The Labute approximate surface area is 181 Å². The molecule has 156 valence electrons. The van der Waals surface area contributed by atoms with Gasteiger partial charge in [0.25, 0.3) is 0 Å². The quantitative estimate of drug-likeness (QED) is 0.595. The molecule has 0 saturated carbocycles. The molecule has 6 nitrogen and oxygen atoms in total. The summed E-state index contributed by atoms with van der Waals surface area (Å²) >= 11 is 5.89. The van der Waals surface area contributed by atoms with E-state index in [0.717, 1.165) is 28.1 Å². The highest BCUT2D eigenvalue weighted by Crippen LogP contribution is 2.24. The topological polar surface area (TPSA) is 79.4 Å². The minimum Gasteiger partial charge on any atom is -0.324 e. The molecule has 0 aliphatic heterocycles. The van der Waals surface area contributed by atoms with Crippen molar-refractivity contribution >= 4 is 38.9 Å². The van der Waals surface area contributed by atoms with Crippen molar-refractivity contribution in [2.24, 2.45) is 0 Å². The van der Waals surface area contributed by atoms with E-state index in [-0.39, 0.29) is 0 Å². The molecule has 0 bridgehead atoms. The Hall–Kier alpha value is -2.90. The van der Waals surface area contributed by atoms with E-state index in [1.54, 1.807) is 55.7 Å². The first-order valence-electron chi connectivity index (χ1n) is 9.28. The molecule has 3 aromatic rings. The summed E-state index contributed by atoms with van der Waals surface area (Å²) in [5.74, 6) is -0.433. The molecule has 8 heteroatoms. The number of carbonyl (C=O) groups is 1. The van der Waals surface area contributed by atoms with Crippen LogP contribution in [0, 0.1) is 0 Å². The number of rotatable bonds is 7. The average molecular weight is 444 g/mol. The van der Waals surface area contributed by atoms with Crippen molar-refractivity contribution in [3.8, 4) is 0 Å². The molecule has 0 spiro atoms. The highest BCUT2D eigenvalue weighted by atomic mass is 35.5. The molecule has 1 atom stereocenters. The van der Waals surface area contributed by atoms with Crippen LogP contribution in [0.3, 0.4) is 0 Å². The van der Waals surface area contributed by atoms with Gasteiger partial charge in [0.05, 0.1) is 11.9 Å². The molecule has 0 saturated heterocycles. The fraction of sp³-hybridized carbons (Fsp3) is 0.182. The molecule has 0 radical (unpaired) electrons. The van der Waals surface area contributed by atoms with E-state index in [0.29, 0.717) is 16.4 Å². The highest BCUT2D eigenvalue weighted by molar-refractivity contribution is 7.92. The molecule has 0 aliphatic rings. The van der Waals surface area contributed by atoms with Crippen LogP contribution in [0.4, 0.5) is 11.4 Å². The SMILES string of the molecule is C[C@H](C(=O)Nc1ccc(Cc2ccncc2)cc1)N(c1ccc(Cl)cc1)S(C)(=O)=O. The standard InChI is InChI=1S/C22H22ClN3O3S/c1-16(26(30(2,28)29)21-9-5-19(23)6-10-21)22(27)25-20-7-3-17(4-8-20)15-18-11-13-24-14-12-18/h3-14,16H,15H2,1-2H3,(H,25,27)/t16-/m1/s1. The third-order valence-electron chi connectivity index (χ3n) is 4.55. The summed E-state index contributed by atoms with van der Waals surface area (Å²) < 4.78 is 25.8. The lowest BCUT2D eigenvalue weighted by Crippen LogP contribution is -2.45. The first-order valence-corrected chi connectivity index (χ1v) is 11.5. The van der Waals surface area contributed by atoms with Crippen LogP contribution in [0.1, 0.15) is 18.1 Å². The number of nitrogens with one attached hydrogen (secondary N) is 1. The van der Waals surface area contributed by atoms with Crippen molar-refractivity contribution in [1.82, 2.24) is 4.98 Å². The maximum Gasteiger partial charge on any atom is 0.247 e. The van der Waals surface area contributed by atoms with Gasteiger partial charge in [-0.05, 0) is 73.0 Å². The minimum absolute atomic E-state index is 0.372. The molecule has 3 rings (SSSR count). The lowest BCUT2D eigenvalue weighted by atomic mass is 10.1. The minimum atomic E-state index is -3.68. The summed E-state index contributed by atoms with van der Waals surface area (Å²) in [6.45, 7) is 1.54.